The Bertz CT molecular complexity index is 231. The molecule has 1 aliphatic heterocycles. The molecule has 0 saturated heterocycles. The van der Waals surface area contributed by atoms with E-state index in [0.29, 0.717) is 5.92 Å². The Morgan fingerprint density at radius 1 is 1.60 bits per heavy atom. The standard InChI is InChI=1S/C13H23NO/c1-4-14-10-12(11(2)3)9-13-7-5-6-8-15-13/h6,8-9,11,13-14H,4-5,7,10H2,1-3H3/b12-9+. The van der Waals surface area contributed by atoms with E-state index in [1.807, 2.05) is 6.26 Å². The van der Waals surface area contributed by atoms with E-state index in [4.69, 9.17) is 4.74 Å². The lowest BCUT2D eigenvalue weighted by Gasteiger charge is -2.19. The minimum atomic E-state index is 0.283. The Morgan fingerprint density at radius 3 is 2.93 bits per heavy atom. The van der Waals surface area contributed by atoms with Gasteiger partial charge in [0.05, 0.1) is 6.26 Å². The second-order valence-electron chi connectivity index (χ2n) is 4.30. The van der Waals surface area contributed by atoms with Gasteiger partial charge in [-0.1, -0.05) is 26.3 Å². The van der Waals surface area contributed by atoms with E-state index in [2.05, 4.69) is 38.2 Å². The summed E-state index contributed by atoms with van der Waals surface area (Å²) in [5.41, 5.74) is 1.46. The zero-order valence-electron chi connectivity index (χ0n) is 10.1. The van der Waals surface area contributed by atoms with Crippen LogP contribution in [-0.4, -0.2) is 19.2 Å². The highest BCUT2D eigenvalue weighted by molar-refractivity contribution is 5.11. The molecule has 1 aliphatic rings. The molecule has 0 aliphatic carbocycles. The van der Waals surface area contributed by atoms with Crippen LogP contribution in [0.1, 0.15) is 33.6 Å². The Kier molecular flexibility index (Phi) is 5.48. The van der Waals surface area contributed by atoms with Crippen LogP contribution >= 0.6 is 0 Å². The van der Waals surface area contributed by atoms with Crippen LogP contribution in [0.4, 0.5) is 0 Å². The van der Waals surface area contributed by atoms with Gasteiger partial charge >= 0.3 is 0 Å². The van der Waals surface area contributed by atoms with Gasteiger partial charge in [0.2, 0.25) is 0 Å². The van der Waals surface area contributed by atoms with Gasteiger partial charge in [0.1, 0.15) is 6.10 Å². The van der Waals surface area contributed by atoms with Gasteiger partial charge < -0.3 is 10.1 Å². The van der Waals surface area contributed by atoms with E-state index >= 15 is 0 Å². The zero-order chi connectivity index (χ0) is 11.1. The average molecular weight is 209 g/mol. The SMILES string of the molecule is CCNC/C(=C\C1CCC=CO1)C(C)C. The van der Waals surface area contributed by atoms with Crippen LogP contribution < -0.4 is 5.32 Å². The highest BCUT2D eigenvalue weighted by atomic mass is 16.5. The molecule has 1 atom stereocenters. The van der Waals surface area contributed by atoms with Crippen LogP contribution in [0.5, 0.6) is 0 Å². The third-order valence-electron chi connectivity index (χ3n) is 2.69. The average Bonchev–Trinajstić information content (AvgIpc) is 2.25. The van der Waals surface area contributed by atoms with Crippen molar-refractivity contribution in [3.63, 3.8) is 0 Å². The molecule has 86 valence electrons. The predicted octanol–water partition coefficient (Wildman–Crippen LogP) is 2.87. The van der Waals surface area contributed by atoms with E-state index in [1.54, 1.807) is 0 Å². The fraction of sp³-hybridized carbons (Fsp3) is 0.692. The third-order valence-corrected chi connectivity index (χ3v) is 2.69. The quantitative estimate of drug-likeness (QED) is 0.703. The fourth-order valence-electron chi connectivity index (χ4n) is 1.64. The van der Waals surface area contributed by atoms with E-state index in [9.17, 15) is 0 Å². The molecule has 0 aromatic heterocycles. The monoisotopic (exact) mass is 209 g/mol. The Labute approximate surface area is 93.4 Å². The number of likely N-dealkylation sites (N-methyl/N-ethyl adjacent to an activating group) is 1. The van der Waals surface area contributed by atoms with Crippen LogP contribution in [0.15, 0.2) is 24.0 Å². The van der Waals surface area contributed by atoms with Gasteiger partial charge in [0, 0.05) is 6.54 Å². The molecule has 0 radical (unpaired) electrons. The van der Waals surface area contributed by atoms with Gasteiger partial charge in [-0.25, -0.2) is 0 Å². The summed E-state index contributed by atoms with van der Waals surface area (Å²) in [5, 5.41) is 3.38. The van der Waals surface area contributed by atoms with Gasteiger partial charge in [-0.2, -0.15) is 0 Å². The highest BCUT2D eigenvalue weighted by Crippen LogP contribution is 2.16. The Morgan fingerprint density at radius 2 is 2.40 bits per heavy atom. The van der Waals surface area contributed by atoms with Crippen LogP contribution in [0.3, 0.4) is 0 Å². The van der Waals surface area contributed by atoms with Gasteiger partial charge in [-0.05, 0) is 37.5 Å². The van der Waals surface area contributed by atoms with Crippen LogP contribution in [0, 0.1) is 5.92 Å². The molecule has 0 aromatic rings. The van der Waals surface area contributed by atoms with E-state index < -0.39 is 0 Å². The molecule has 1 unspecified atom stereocenters. The summed E-state index contributed by atoms with van der Waals surface area (Å²) in [6, 6.07) is 0. The van der Waals surface area contributed by atoms with Gasteiger partial charge in [-0.3, -0.25) is 0 Å². The minimum Gasteiger partial charge on any atom is -0.494 e. The molecule has 0 bridgehead atoms. The Hall–Kier alpha value is -0.760. The smallest absolute Gasteiger partial charge is 0.117 e. The largest absolute Gasteiger partial charge is 0.494 e. The lowest BCUT2D eigenvalue weighted by molar-refractivity contribution is 0.164. The second-order valence-corrected chi connectivity index (χ2v) is 4.30. The summed E-state index contributed by atoms with van der Waals surface area (Å²) < 4.78 is 5.55. The number of allylic oxidation sites excluding steroid dienone is 1. The molecule has 2 nitrogen and oxygen atoms in total. The normalized spacial score (nSPS) is 21.9. The van der Waals surface area contributed by atoms with Crippen molar-refractivity contribution in [3.8, 4) is 0 Å². The predicted molar refractivity (Wildman–Crippen MR) is 64.7 cm³/mol. The van der Waals surface area contributed by atoms with Gasteiger partial charge in [-0.15, -0.1) is 0 Å². The summed E-state index contributed by atoms with van der Waals surface area (Å²) in [7, 11) is 0. The second kappa shape index (κ2) is 6.67. The van der Waals surface area contributed by atoms with Crippen LogP contribution in [-0.2, 0) is 4.74 Å². The van der Waals surface area contributed by atoms with Crippen molar-refractivity contribution in [2.45, 2.75) is 39.7 Å². The lowest BCUT2D eigenvalue weighted by Crippen LogP contribution is -2.21. The number of rotatable bonds is 5. The maximum Gasteiger partial charge on any atom is 0.117 e. The topological polar surface area (TPSA) is 21.3 Å². The molecule has 1 rings (SSSR count). The lowest BCUT2D eigenvalue weighted by atomic mass is 9.99. The fourth-order valence-corrected chi connectivity index (χ4v) is 1.64. The molecule has 1 N–H and O–H groups in total. The number of hydrogen-bond acceptors (Lipinski definition) is 2. The summed E-state index contributed by atoms with van der Waals surface area (Å²) in [6.07, 6.45) is 8.73. The van der Waals surface area contributed by atoms with Gasteiger partial charge in [0.15, 0.2) is 0 Å². The molecule has 0 saturated carbocycles. The molecule has 0 fully saturated rings. The summed E-state index contributed by atoms with van der Waals surface area (Å²) >= 11 is 0. The maximum atomic E-state index is 5.55. The minimum absolute atomic E-state index is 0.283. The molecule has 1 heterocycles. The highest BCUT2D eigenvalue weighted by Gasteiger charge is 2.11. The van der Waals surface area contributed by atoms with Gasteiger partial charge in [0.25, 0.3) is 0 Å². The van der Waals surface area contributed by atoms with Crippen molar-refractivity contribution < 1.29 is 4.74 Å². The molecule has 15 heavy (non-hydrogen) atoms. The van der Waals surface area contributed by atoms with E-state index in [0.717, 1.165) is 25.9 Å². The molecular weight excluding hydrogens is 186 g/mol. The van der Waals surface area contributed by atoms with Crippen molar-refractivity contribution in [2.24, 2.45) is 5.92 Å². The maximum absolute atomic E-state index is 5.55. The molecule has 0 amide bonds. The zero-order valence-corrected chi connectivity index (χ0v) is 10.1. The third kappa shape index (κ3) is 4.52. The number of ether oxygens (including phenoxy) is 1. The summed E-state index contributed by atoms with van der Waals surface area (Å²) in [6.45, 7) is 8.62. The first kappa shape index (κ1) is 12.3. The molecular formula is C13H23NO. The van der Waals surface area contributed by atoms with Crippen LogP contribution in [0.25, 0.3) is 0 Å². The number of hydrogen-bond donors (Lipinski definition) is 1. The van der Waals surface area contributed by atoms with Crippen LogP contribution in [0.2, 0.25) is 0 Å². The molecule has 2 heteroatoms. The first-order valence-corrected chi connectivity index (χ1v) is 5.95. The van der Waals surface area contributed by atoms with Crippen molar-refractivity contribution in [3.05, 3.63) is 24.0 Å². The van der Waals surface area contributed by atoms with Crippen molar-refractivity contribution >= 4 is 0 Å². The summed E-state index contributed by atoms with van der Waals surface area (Å²) in [4.78, 5) is 0. The number of nitrogens with one attached hydrogen (secondary N) is 1. The first-order valence-electron chi connectivity index (χ1n) is 5.95. The first-order chi connectivity index (χ1) is 7.24. The Balaban J connectivity index is 2.52. The van der Waals surface area contributed by atoms with Crippen molar-refractivity contribution in [1.82, 2.24) is 5.32 Å². The van der Waals surface area contributed by atoms with E-state index in [-0.39, 0.29) is 6.10 Å². The van der Waals surface area contributed by atoms with E-state index in [1.165, 1.54) is 5.57 Å². The molecule has 0 spiro atoms. The van der Waals surface area contributed by atoms with Crippen molar-refractivity contribution in [1.29, 1.82) is 0 Å². The van der Waals surface area contributed by atoms with Crippen molar-refractivity contribution in [2.75, 3.05) is 13.1 Å². The summed E-state index contributed by atoms with van der Waals surface area (Å²) in [5.74, 6) is 0.596. The molecule has 0 aromatic carbocycles.